The van der Waals surface area contributed by atoms with Crippen molar-refractivity contribution in [2.45, 2.75) is 20.0 Å². The highest BCUT2D eigenvalue weighted by molar-refractivity contribution is 7.13. The first-order chi connectivity index (χ1) is 12.7. The van der Waals surface area contributed by atoms with Crippen molar-refractivity contribution >= 4 is 23.1 Å². The Labute approximate surface area is 153 Å². The minimum Gasteiger partial charge on any atom is -0.482 e. The molecule has 2 heterocycles. The number of carbonyl (C=O) groups excluding carboxylic acids is 2. The fraction of sp³-hybridized carbons (Fsp3) is 0.222. The van der Waals surface area contributed by atoms with Crippen LogP contribution in [-0.2, 0) is 16.1 Å². The highest BCUT2D eigenvalue weighted by atomic mass is 32.1. The first kappa shape index (κ1) is 17.8. The van der Waals surface area contributed by atoms with E-state index in [0.29, 0.717) is 23.6 Å². The van der Waals surface area contributed by atoms with Gasteiger partial charge in [-0.2, -0.15) is 4.98 Å². The number of nitrogens with zero attached hydrogens (tertiary/aromatic N) is 2. The second-order valence-electron chi connectivity index (χ2n) is 5.24. The molecular formula is C18H16N2O5S. The Bertz CT molecular complexity index is 871. The van der Waals surface area contributed by atoms with Crippen LogP contribution in [0.2, 0.25) is 0 Å². The first-order valence-corrected chi connectivity index (χ1v) is 8.82. The summed E-state index contributed by atoms with van der Waals surface area (Å²) in [4.78, 5) is 28.3. The maximum atomic E-state index is 11.8. The summed E-state index contributed by atoms with van der Waals surface area (Å²) in [5, 5.41) is 5.74. The summed E-state index contributed by atoms with van der Waals surface area (Å²) >= 11 is 1.49. The molecule has 0 saturated carbocycles. The number of ketones is 1. The van der Waals surface area contributed by atoms with Gasteiger partial charge in [-0.3, -0.25) is 4.79 Å². The molecule has 0 unspecified atom stereocenters. The van der Waals surface area contributed by atoms with Crippen LogP contribution in [0, 0.1) is 0 Å². The molecule has 26 heavy (non-hydrogen) atoms. The van der Waals surface area contributed by atoms with Crippen molar-refractivity contribution in [2.75, 3.05) is 6.61 Å². The maximum absolute atomic E-state index is 11.8. The number of benzene rings is 1. The number of rotatable bonds is 8. The van der Waals surface area contributed by atoms with Crippen LogP contribution in [0.3, 0.4) is 0 Å². The minimum absolute atomic E-state index is 0.0532. The zero-order chi connectivity index (χ0) is 18.4. The van der Waals surface area contributed by atoms with Gasteiger partial charge in [0.1, 0.15) is 5.75 Å². The summed E-state index contributed by atoms with van der Waals surface area (Å²) in [6.45, 7) is 1.42. The lowest BCUT2D eigenvalue weighted by atomic mass is 10.1. The topological polar surface area (TPSA) is 91.5 Å². The van der Waals surface area contributed by atoms with E-state index in [0.717, 1.165) is 4.88 Å². The van der Waals surface area contributed by atoms with Crippen LogP contribution in [0.25, 0.3) is 10.7 Å². The van der Waals surface area contributed by atoms with E-state index in [-0.39, 0.29) is 24.9 Å². The van der Waals surface area contributed by atoms with Crippen molar-refractivity contribution in [3.63, 3.8) is 0 Å². The van der Waals surface area contributed by atoms with E-state index in [1.165, 1.54) is 11.3 Å². The van der Waals surface area contributed by atoms with Gasteiger partial charge in [0, 0.05) is 12.0 Å². The number of aromatic nitrogens is 2. The third kappa shape index (κ3) is 4.54. The van der Waals surface area contributed by atoms with Crippen molar-refractivity contribution in [3.05, 3.63) is 53.2 Å². The molecule has 8 heteroatoms. The van der Waals surface area contributed by atoms with Gasteiger partial charge in [0.25, 0.3) is 5.89 Å². The Morgan fingerprint density at radius 3 is 2.69 bits per heavy atom. The minimum atomic E-state index is -0.561. The van der Waals surface area contributed by atoms with E-state index >= 15 is 0 Å². The van der Waals surface area contributed by atoms with Crippen molar-refractivity contribution in [3.8, 4) is 16.5 Å². The maximum Gasteiger partial charge on any atom is 0.344 e. The van der Waals surface area contributed by atoms with Crippen molar-refractivity contribution in [1.29, 1.82) is 0 Å². The fourth-order valence-corrected chi connectivity index (χ4v) is 2.74. The molecule has 3 aromatic rings. The number of carbonyl (C=O) groups is 2. The Morgan fingerprint density at radius 1 is 1.19 bits per heavy atom. The molecule has 7 nitrogen and oxygen atoms in total. The monoisotopic (exact) mass is 372 g/mol. The van der Waals surface area contributed by atoms with E-state index < -0.39 is 5.97 Å². The largest absolute Gasteiger partial charge is 0.482 e. The molecule has 0 atom stereocenters. The molecule has 0 N–H and O–H groups in total. The van der Waals surface area contributed by atoms with Gasteiger partial charge >= 0.3 is 5.97 Å². The van der Waals surface area contributed by atoms with Gasteiger partial charge < -0.3 is 14.0 Å². The third-order valence-corrected chi connectivity index (χ3v) is 4.29. The average Bonchev–Trinajstić information content (AvgIpc) is 3.36. The third-order valence-electron chi connectivity index (χ3n) is 3.42. The highest BCUT2D eigenvalue weighted by Crippen LogP contribution is 2.21. The Hall–Kier alpha value is -3.00. The van der Waals surface area contributed by atoms with Crippen LogP contribution in [0.15, 0.2) is 46.3 Å². The molecule has 0 bridgehead atoms. The molecule has 0 fully saturated rings. The molecule has 0 aliphatic heterocycles. The van der Waals surface area contributed by atoms with Gasteiger partial charge in [0.05, 0.1) is 4.88 Å². The average molecular weight is 372 g/mol. The Morgan fingerprint density at radius 2 is 2.00 bits per heavy atom. The van der Waals surface area contributed by atoms with Crippen LogP contribution in [0.5, 0.6) is 5.75 Å². The molecule has 1 aromatic carbocycles. The zero-order valence-corrected chi connectivity index (χ0v) is 14.8. The number of ether oxygens (including phenoxy) is 2. The summed E-state index contributed by atoms with van der Waals surface area (Å²) in [7, 11) is 0. The van der Waals surface area contributed by atoms with Crippen molar-refractivity contribution in [1.82, 2.24) is 10.1 Å². The lowest BCUT2D eigenvalue weighted by Crippen LogP contribution is -2.14. The van der Waals surface area contributed by atoms with Crippen LogP contribution in [0.4, 0.5) is 0 Å². The van der Waals surface area contributed by atoms with Gasteiger partial charge in [-0.05, 0) is 35.7 Å². The van der Waals surface area contributed by atoms with Gasteiger partial charge in [-0.1, -0.05) is 18.1 Å². The van der Waals surface area contributed by atoms with E-state index in [2.05, 4.69) is 10.1 Å². The number of hydrogen-bond acceptors (Lipinski definition) is 8. The van der Waals surface area contributed by atoms with Crippen LogP contribution in [0.1, 0.15) is 29.6 Å². The molecule has 0 radical (unpaired) electrons. The van der Waals surface area contributed by atoms with Crippen LogP contribution in [-0.4, -0.2) is 28.5 Å². The van der Waals surface area contributed by atoms with Crippen LogP contribution < -0.4 is 4.74 Å². The van der Waals surface area contributed by atoms with Gasteiger partial charge in [-0.15, -0.1) is 11.3 Å². The van der Waals surface area contributed by atoms with Gasteiger partial charge in [-0.25, -0.2) is 4.79 Å². The molecule has 0 amide bonds. The van der Waals surface area contributed by atoms with Crippen molar-refractivity contribution < 1.29 is 23.6 Å². The summed E-state index contributed by atoms with van der Waals surface area (Å²) in [5.74, 6) is 0.646. The van der Waals surface area contributed by atoms with Crippen LogP contribution >= 0.6 is 11.3 Å². The SMILES string of the molecule is CCC(=O)c1ccc(OCC(=O)OCc2nc(-c3cccs3)no2)cc1. The second kappa shape index (κ2) is 8.39. The number of Topliss-reactive ketones (excluding diaryl/α,β-unsaturated/α-hetero) is 1. The smallest absolute Gasteiger partial charge is 0.344 e. The highest BCUT2D eigenvalue weighted by Gasteiger charge is 2.12. The number of hydrogen-bond donors (Lipinski definition) is 0. The van der Waals surface area contributed by atoms with E-state index in [1.807, 2.05) is 17.5 Å². The fourth-order valence-electron chi connectivity index (χ4n) is 2.09. The first-order valence-electron chi connectivity index (χ1n) is 7.94. The molecule has 134 valence electrons. The summed E-state index contributed by atoms with van der Waals surface area (Å²) in [6, 6.07) is 10.4. The molecule has 3 rings (SSSR count). The van der Waals surface area contributed by atoms with Gasteiger partial charge in [0.15, 0.2) is 19.0 Å². The predicted molar refractivity (Wildman–Crippen MR) is 94.0 cm³/mol. The molecule has 0 aliphatic carbocycles. The standard InChI is InChI=1S/C18H16N2O5S/c1-2-14(21)12-5-7-13(8-6-12)23-11-17(22)24-10-16-19-18(20-25-16)15-4-3-9-26-15/h3-9H,2,10-11H2,1H3. The lowest BCUT2D eigenvalue weighted by Gasteiger charge is -2.06. The molecular weight excluding hydrogens is 356 g/mol. The number of esters is 1. The van der Waals surface area contributed by atoms with E-state index in [4.69, 9.17) is 14.0 Å². The summed E-state index contributed by atoms with van der Waals surface area (Å²) in [5.41, 5.74) is 0.611. The summed E-state index contributed by atoms with van der Waals surface area (Å²) < 4.78 is 15.4. The number of thiophene rings is 1. The quantitative estimate of drug-likeness (QED) is 0.441. The lowest BCUT2D eigenvalue weighted by molar-refractivity contribution is -0.148. The second-order valence-corrected chi connectivity index (χ2v) is 6.19. The Kier molecular flexibility index (Phi) is 5.75. The normalized spacial score (nSPS) is 10.5. The molecule has 0 aliphatic rings. The van der Waals surface area contributed by atoms with E-state index in [9.17, 15) is 9.59 Å². The van der Waals surface area contributed by atoms with Crippen molar-refractivity contribution in [2.24, 2.45) is 0 Å². The van der Waals surface area contributed by atoms with Gasteiger partial charge in [0.2, 0.25) is 5.82 Å². The van der Waals surface area contributed by atoms with E-state index in [1.54, 1.807) is 31.2 Å². The molecule has 0 spiro atoms. The molecule has 2 aromatic heterocycles. The zero-order valence-electron chi connectivity index (χ0n) is 14.0. The predicted octanol–water partition coefficient (Wildman–Crippen LogP) is 3.51. The Balaban J connectivity index is 1.45. The summed E-state index contributed by atoms with van der Waals surface area (Å²) in [6.07, 6.45) is 0.441. The molecule has 0 saturated heterocycles.